The normalized spacial score (nSPS) is 13.9. The molecule has 0 spiro atoms. The molecule has 2 aromatic rings. The van der Waals surface area contributed by atoms with Gasteiger partial charge in [-0.25, -0.2) is 8.78 Å². The third-order valence-corrected chi connectivity index (χ3v) is 2.61. The summed E-state index contributed by atoms with van der Waals surface area (Å²) in [5, 5.41) is 0. The number of hydrogen-bond donors (Lipinski definition) is 1. The predicted molar refractivity (Wildman–Crippen MR) is 67.6 cm³/mol. The summed E-state index contributed by atoms with van der Waals surface area (Å²) in [5.74, 6) is -1.27. The first kappa shape index (κ1) is 13.4. The van der Waals surface area contributed by atoms with Gasteiger partial charge in [0.05, 0.1) is 0 Å². The van der Waals surface area contributed by atoms with E-state index in [0.29, 0.717) is 0 Å². The van der Waals surface area contributed by atoms with Gasteiger partial charge in [0.1, 0.15) is 23.5 Å². The number of hydrogen-bond acceptors (Lipinski definition) is 3. The van der Waals surface area contributed by atoms with Crippen LogP contribution in [0.1, 0.15) is 18.6 Å². The van der Waals surface area contributed by atoms with Crippen LogP contribution < -0.4 is 10.5 Å². The molecule has 0 aliphatic heterocycles. The van der Waals surface area contributed by atoms with E-state index in [4.69, 9.17) is 10.5 Å². The van der Waals surface area contributed by atoms with Crippen molar-refractivity contribution in [3.8, 4) is 5.75 Å². The SMILES string of the molecule is CC(N)C(Oc1cc(F)cc(F)c1)c1ccncc1. The molecule has 100 valence electrons. The highest BCUT2D eigenvalue weighted by molar-refractivity contribution is 5.26. The second-order valence-corrected chi connectivity index (χ2v) is 4.28. The van der Waals surface area contributed by atoms with E-state index in [0.717, 1.165) is 23.8 Å². The summed E-state index contributed by atoms with van der Waals surface area (Å²) >= 11 is 0. The molecule has 2 atom stereocenters. The zero-order chi connectivity index (χ0) is 13.8. The van der Waals surface area contributed by atoms with Gasteiger partial charge in [-0.05, 0) is 24.6 Å². The second kappa shape index (κ2) is 5.75. The molecule has 2 rings (SSSR count). The molecule has 0 aliphatic carbocycles. The van der Waals surface area contributed by atoms with Gasteiger partial charge in [0.2, 0.25) is 0 Å². The summed E-state index contributed by atoms with van der Waals surface area (Å²) in [6, 6.07) is 6.21. The van der Waals surface area contributed by atoms with E-state index in [1.165, 1.54) is 0 Å². The van der Waals surface area contributed by atoms with Crippen LogP contribution in [-0.2, 0) is 0 Å². The van der Waals surface area contributed by atoms with Gasteiger partial charge >= 0.3 is 0 Å². The fourth-order valence-corrected chi connectivity index (χ4v) is 1.78. The number of nitrogens with zero attached hydrogens (tertiary/aromatic N) is 1. The summed E-state index contributed by atoms with van der Waals surface area (Å²) in [6.45, 7) is 1.76. The number of rotatable bonds is 4. The number of halogens is 2. The van der Waals surface area contributed by atoms with Crippen molar-refractivity contribution in [2.24, 2.45) is 5.73 Å². The molecule has 0 saturated carbocycles. The van der Waals surface area contributed by atoms with Crippen molar-refractivity contribution in [2.45, 2.75) is 19.1 Å². The van der Waals surface area contributed by atoms with Gasteiger partial charge < -0.3 is 10.5 Å². The molecule has 5 heteroatoms. The van der Waals surface area contributed by atoms with Crippen molar-refractivity contribution in [1.82, 2.24) is 4.98 Å². The lowest BCUT2D eigenvalue weighted by molar-refractivity contribution is 0.179. The Morgan fingerprint density at radius 3 is 2.21 bits per heavy atom. The monoisotopic (exact) mass is 264 g/mol. The van der Waals surface area contributed by atoms with Crippen molar-refractivity contribution >= 4 is 0 Å². The Balaban J connectivity index is 2.27. The molecule has 2 N–H and O–H groups in total. The lowest BCUT2D eigenvalue weighted by Gasteiger charge is -2.22. The molecule has 0 radical (unpaired) electrons. The van der Waals surface area contributed by atoms with E-state index in [9.17, 15) is 8.78 Å². The van der Waals surface area contributed by atoms with Gasteiger partial charge in [-0.2, -0.15) is 0 Å². The Morgan fingerprint density at radius 2 is 1.68 bits per heavy atom. The van der Waals surface area contributed by atoms with Gasteiger partial charge in [-0.1, -0.05) is 0 Å². The number of aromatic nitrogens is 1. The van der Waals surface area contributed by atoms with Crippen molar-refractivity contribution < 1.29 is 13.5 Å². The summed E-state index contributed by atoms with van der Waals surface area (Å²) in [7, 11) is 0. The highest BCUT2D eigenvalue weighted by Crippen LogP contribution is 2.25. The number of nitrogens with two attached hydrogens (primary N) is 1. The first-order valence-electron chi connectivity index (χ1n) is 5.84. The molecule has 0 bridgehead atoms. The van der Waals surface area contributed by atoms with E-state index in [1.54, 1.807) is 31.5 Å². The lowest BCUT2D eigenvalue weighted by Crippen LogP contribution is -2.29. The topological polar surface area (TPSA) is 48.1 Å². The number of ether oxygens (including phenoxy) is 1. The van der Waals surface area contributed by atoms with Crippen molar-refractivity contribution in [2.75, 3.05) is 0 Å². The standard InChI is InChI=1S/C14H14F2N2O/c1-9(17)14(10-2-4-18-5-3-10)19-13-7-11(15)6-12(16)8-13/h2-9,14H,17H2,1H3. The van der Waals surface area contributed by atoms with E-state index >= 15 is 0 Å². The third-order valence-electron chi connectivity index (χ3n) is 2.61. The van der Waals surface area contributed by atoms with E-state index in [-0.39, 0.29) is 11.8 Å². The van der Waals surface area contributed by atoms with Crippen molar-refractivity contribution in [1.29, 1.82) is 0 Å². The highest BCUT2D eigenvalue weighted by atomic mass is 19.1. The Bertz CT molecular complexity index is 526. The first-order chi connectivity index (χ1) is 9.06. The Hall–Kier alpha value is -2.01. The fourth-order valence-electron chi connectivity index (χ4n) is 1.78. The Kier molecular flexibility index (Phi) is 4.06. The third kappa shape index (κ3) is 3.48. The zero-order valence-electron chi connectivity index (χ0n) is 10.4. The average Bonchev–Trinajstić information content (AvgIpc) is 2.35. The minimum atomic E-state index is -0.687. The van der Waals surface area contributed by atoms with Crippen LogP contribution in [-0.4, -0.2) is 11.0 Å². The molecule has 0 saturated heterocycles. The Labute approximate surface area is 110 Å². The second-order valence-electron chi connectivity index (χ2n) is 4.28. The van der Waals surface area contributed by atoms with Crippen LogP contribution in [0.25, 0.3) is 0 Å². The summed E-state index contributed by atoms with van der Waals surface area (Å²) in [5.41, 5.74) is 6.66. The van der Waals surface area contributed by atoms with Gasteiger partial charge in [0, 0.05) is 36.6 Å². The van der Waals surface area contributed by atoms with Gasteiger partial charge in [0.25, 0.3) is 0 Å². The lowest BCUT2D eigenvalue weighted by atomic mass is 10.1. The smallest absolute Gasteiger partial charge is 0.139 e. The Morgan fingerprint density at radius 1 is 1.11 bits per heavy atom. The predicted octanol–water partition coefficient (Wildman–Crippen LogP) is 2.83. The number of benzene rings is 1. The minimum Gasteiger partial charge on any atom is -0.484 e. The van der Waals surface area contributed by atoms with Crippen LogP contribution in [0.15, 0.2) is 42.7 Å². The van der Waals surface area contributed by atoms with Crippen LogP contribution in [0.2, 0.25) is 0 Å². The van der Waals surface area contributed by atoms with Crippen molar-refractivity contribution in [3.05, 3.63) is 59.9 Å². The van der Waals surface area contributed by atoms with Crippen LogP contribution in [0, 0.1) is 11.6 Å². The molecule has 1 aromatic heterocycles. The maximum Gasteiger partial charge on any atom is 0.139 e. The molecule has 1 heterocycles. The van der Waals surface area contributed by atoms with Crippen LogP contribution >= 0.6 is 0 Å². The van der Waals surface area contributed by atoms with E-state index < -0.39 is 17.7 Å². The van der Waals surface area contributed by atoms with Crippen molar-refractivity contribution in [3.63, 3.8) is 0 Å². The fraction of sp³-hybridized carbons (Fsp3) is 0.214. The van der Waals surface area contributed by atoms with Crippen LogP contribution in [0.4, 0.5) is 8.78 Å². The van der Waals surface area contributed by atoms with Gasteiger partial charge in [-0.15, -0.1) is 0 Å². The molecule has 1 aromatic carbocycles. The molecule has 19 heavy (non-hydrogen) atoms. The summed E-state index contributed by atoms with van der Waals surface area (Å²) < 4.78 is 31.8. The molecule has 3 nitrogen and oxygen atoms in total. The molecule has 0 aliphatic rings. The molecule has 0 amide bonds. The zero-order valence-corrected chi connectivity index (χ0v) is 10.4. The van der Waals surface area contributed by atoms with E-state index in [2.05, 4.69) is 4.98 Å². The summed E-state index contributed by atoms with van der Waals surface area (Å²) in [6.07, 6.45) is 2.73. The first-order valence-corrected chi connectivity index (χ1v) is 5.84. The largest absolute Gasteiger partial charge is 0.484 e. The summed E-state index contributed by atoms with van der Waals surface area (Å²) in [4.78, 5) is 3.91. The highest BCUT2D eigenvalue weighted by Gasteiger charge is 2.18. The van der Waals surface area contributed by atoms with Gasteiger partial charge in [-0.3, -0.25) is 4.98 Å². The van der Waals surface area contributed by atoms with E-state index in [1.807, 2.05) is 0 Å². The molecular formula is C14H14F2N2O. The van der Waals surface area contributed by atoms with Crippen LogP contribution in [0.3, 0.4) is 0 Å². The maximum atomic E-state index is 13.1. The quantitative estimate of drug-likeness (QED) is 0.923. The van der Waals surface area contributed by atoms with Gasteiger partial charge in [0.15, 0.2) is 0 Å². The maximum absolute atomic E-state index is 13.1. The van der Waals surface area contributed by atoms with Crippen LogP contribution in [0.5, 0.6) is 5.75 Å². The molecule has 0 fully saturated rings. The molecule has 2 unspecified atom stereocenters. The molecular weight excluding hydrogens is 250 g/mol. The number of pyridine rings is 1. The average molecular weight is 264 g/mol. The minimum absolute atomic E-state index is 0.108.